The first-order chi connectivity index (χ1) is 5.06. The Morgan fingerprint density at radius 3 is 2.55 bits per heavy atom. The highest BCUT2D eigenvalue weighted by atomic mass is 14.9. The summed E-state index contributed by atoms with van der Waals surface area (Å²) in [7, 11) is 0. The smallest absolute Gasteiger partial charge is 0.0483 e. The van der Waals surface area contributed by atoms with Gasteiger partial charge in [0.15, 0.2) is 0 Å². The summed E-state index contributed by atoms with van der Waals surface area (Å²) in [5, 5.41) is 0. The zero-order valence-corrected chi connectivity index (χ0v) is 7.02. The van der Waals surface area contributed by atoms with Crippen molar-refractivity contribution in [2.24, 2.45) is 11.1 Å². The van der Waals surface area contributed by atoms with Crippen molar-refractivity contribution >= 4 is 0 Å². The number of aromatic amines is 1. The van der Waals surface area contributed by atoms with Gasteiger partial charge in [-0.05, 0) is 23.5 Å². The molecule has 1 aliphatic rings. The largest absolute Gasteiger partial charge is 0.367 e. The molecule has 1 unspecified atom stereocenters. The predicted octanol–water partition coefficient (Wildman–Crippen LogP) is 1.60. The number of nitrogens with one attached hydrogen (secondary N) is 1. The average molecular weight is 150 g/mol. The molecule has 60 valence electrons. The lowest BCUT2D eigenvalue weighted by atomic mass is 10.00. The normalized spacial score (nSPS) is 33.7. The molecule has 2 heteroatoms. The Labute approximate surface area is 66.8 Å². The van der Waals surface area contributed by atoms with E-state index in [4.69, 9.17) is 5.73 Å². The van der Waals surface area contributed by atoms with E-state index in [1.54, 1.807) is 0 Å². The van der Waals surface area contributed by atoms with Crippen LogP contribution in [0.15, 0.2) is 18.5 Å². The molecular formula is C9H14N2. The minimum absolute atomic E-state index is 0.0625. The second kappa shape index (κ2) is 1.69. The summed E-state index contributed by atoms with van der Waals surface area (Å²) >= 11 is 0. The van der Waals surface area contributed by atoms with Crippen LogP contribution in [0.2, 0.25) is 0 Å². The van der Waals surface area contributed by atoms with Gasteiger partial charge in [-0.3, -0.25) is 0 Å². The van der Waals surface area contributed by atoms with Gasteiger partial charge in [-0.1, -0.05) is 13.8 Å². The molecule has 1 fully saturated rings. The van der Waals surface area contributed by atoms with Crippen LogP contribution in [-0.4, -0.2) is 4.98 Å². The Balaban J connectivity index is 2.33. The fourth-order valence-electron chi connectivity index (χ4n) is 1.75. The average Bonchev–Trinajstić information content (AvgIpc) is 2.36. The first kappa shape index (κ1) is 6.92. The highest BCUT2D eigenvalue weighted by molar-refractivity contribution is 5.32. The van der Waals surface area contributed by atoms with Gasteiger partial charge >= 0.3 is 0 Å². The van der Waals surface area contributed by atoms with Gasteiger partial charge in [0.1, 0.15) is 0 Å². The number of H-pyrrole nitrogens is 1. The Kier molecular flexibility index (Phi) is 1.07. The van der Waals surface area contributed by atoms with Gasteiger partial charge in [-0.2, -0.15) is 0 Å². The molecule has 1 saturated carbocycles. The zero-order chi connectivity index (χ0) is 8.11. The van der Waals surface area contributed by atoms with Gasteiger partial charge in [0.05, 0.1) is 0 Å². The number of aromatic nitrogens is 1. The van der Waals surface area contributed by atoms with Crippen LogP contribution in [0.5, 0.6) is 0 Å². The molecule has 0 bridgehead atoms. The third kappa shape index (κ3) is 0.760. The Morgan fingerprint density at radius 1 is 1.55 bits per heavy atom. The fraction of sp³-hybridized carbons (Fsp3) is 0.556. The van der Waals surface area contributed by atoms with Crippen LogP contribution in [0.25, 0.3) is 0 Å². The van der Waals surface area contributed by atoms with Crippen LogP contribution in [-0.2, 0) is 5.54 Å². The van der Waals surface area contributed by atoms with Crippen molar-refractivity contribution in [2.45, 2.75) is 25.8 Å². The molecule has 0 spiro atoms. The molecule has 1 atom stereocenters. The summed E-state index contributed by atoms with van der Waals surface area (Å²) in [6.45, 7) is 4.42. The van der Waals surface area contributed by atoms with E-state index in [2.05, 4.69) is 24.9 Å². The first-order valence-corrected chi connectivity index (χ1v) is 3.98. The number of hydrogen-bond donors (Lipinski definition) is 2. The summed E-state index contributed by atoms with van der Waals surface area (Å²) in [5.41, 5.74) is 7.63. The van der Waals surface area contributed by atoms with E-state index in [0.29, 0.717) is 0 Å². The van der Waals surface area contributed by atoms with Crippen LogP contribution in [0.1, 0.15) is 25.8 Å². The minimum Gasteiger partial charge on any atom is -0.367 e. The van der Waals surface area contributed by atoms with Crippen LogP contribution in [0.4, 0.5) is 0 Å². The lowest BCUT2D eigenvalue weighted by Crippen LogP contribution is -2.24. The SMILES string of the molecule is CC1(C)CC1(N)c1cc[nH]c1. The minimum atomic E-state index is -0.0625. The molecule has 3 N–H and O–H groups in total. The number of rotatable bonds is 1. The van der Waals surface area contributed by atoms with E-state index in [9.17, 15) is 0 Å². The summed E-state index contributed by atoms with van der Waals surface area (Å²) in [5.74, 6) is 0. The topological polar surface area (TPSA) is 41.8 Å². The van der Waals surface area contributed by atoms with Crippen LogP contribution in [0, 0.1) is 5.41 Å². The quantitative estimate of drug-likeness (QED) is 0.627. The third-order valence-corrected chi connectivity index (χ3v) is 2.92. The van der Waals surface area contributed by atoms with E-state index < -0.39 is 0 Å². The molecule has 11 heavy (non-hydrogen) atoms. The highest BCUT2D eigenvalue weighted by Crippen LogP contribution is 2.60. The molecule has 2 rings (SSSR count). The molecule has 1 aromatic heterocycles. The summed E-state index contributed by atoms with van der Waals surface area (Å²) in [6, 6.07) is 2.06. The van der Waals surface area contributed by atoms with Crippen molar-refractivity contribution in [1.82, 2.24) is 4.98 Å². The molecule has 1 aliphatic carbocycles. The molecule has 1 heterocycles. The van der Waals surface area contributed by atoms with Crippen molar-refractivity contribution in [1.29, 1.82) is 0 Å². The number of hydrogen-bond acceptors (Lipinski definition) is 1. The van der Waals surface area contributed by atoms with E-state index >= 15 is 0 Å². The van der Waals surface area contributed by atoms with E-state index in [1.165, 1.54) is 5.56 Å². The molecule has 0 aliphatic heterocycles. The third-order valence-electron chi connectivity index (χ3n) is 2.92. The van der Waals surface area contributed by atoms with Crippen LogP contribution >= 0.6 is 0 Å². The van der Waals surface area contributed by atoms with Crippen LogP contribution < -0.4 is 5.73 Å². The Bertz CT molecular complexity index is 261. The van der Waals surface area contributed by atoms with Gasteiger partial charge in [-0.25, -0.2) is 0 Å². The molecule has 0 aromatic carbocycles. The molecular weight excluding hydrogens is 136 g/mol. The van der Waals surface area contributed by atoms with Gasteiger partial charge in [0.2, 0.25) is 0 Å². The zero-order valence-electron chi connectivity index (χ0n) is 7.02. The second-order valence-corrected chi connectivity index (χ2v) is 4.13. The van der Waals surface area contributed by atoms with E-state index in [-0.39, 0.29) is 11.0 Å². The monoisotopic (exact) mass is 150 g/mol. The van der Waals surface area contributed by atoms with Crippen molar-refractivity contribution < 1.29 is 0 Å². The molecule has 1 aromatic rings. The summed E-state index contributed by atoms with van der Waals surface area (Å²) in [4.78, 5) is 3.03. The lowest BCUT2D eigenvalue weighted by Gasteiger charge is -2.12. The first-order valence-electron chi connectivity index (χ1n) is 3.98. The van der Waals surface area contributed by atoms with Crippen molar-refractivity contribution in [3.63, 3.8) is 0 Å². The molecule has 0 radical (unpaired) electrons. The summed E-state index contributed by atoms with van der Waals surface area (Å²) < 4.78 is 0. The molecule has 0 saturated heterocycles. The Morgan fingerprint density at radius 2 is 2.18 bits per heavy atom. The van der Waals surface area contributed by atoms with Gasteiger partial charge < -0.3 is 10.7 Å². The fourth-order valence-corrected chi connectivity index (χ4v) is 1.75. The summed E-state index contributed by atoms with van der Waals surface area (Å²) in [6.07, 6.45) is 5.02. The van der Waals surface area contributed by atoms with Crippen molar-refractivity contribution in [2.75, 3.05) is 0 Å². The maximum absolute atomic E-state index is 6.17. The standard InChI is InChI=1S/C9H14N2/c1-8(2)6-9(8,10)7-3-4-11-5-7/h3-5,11H,6,10H2,1-2H3. The Hall–Kier alpha value is -0.760. The second-order valence-electron chi connectivity index (χ2n) is 4.13. The van der Waals surface area contributed by atoms with Crippen molar-refractivity contribution in [3.05, 3.63) is 24.0 Å². The van der Waals surface area contributed by atoms with Gasteiger partial charge in [0, 0.05) is 17.9 Å². The van der Waals surface area contributed by atoms with Gasteiger partial charge in [-0.15, -0.1) is 0 Å². The lowest BCUT2D eigenvalue weighted by molar-refractivity contribution is 0.510. The molecule has 2 nitrogen and oxygen atoms in total. The maximum Gasteiger partial charge on any atom is 0.0483 e. The highest BCUT2D eigenvalue weighted by Gasteiger charge is 2.59. The molecule has 0 amide bonds. The van der Waals surface area contributed by atoms with Crippen molar-refractivity contribution in [3.8, 4) is 0 Å². The van der Waals surface area contributed by atoms with Crippen LogP contribution in [0.3, 0.4) is 0 Å². The van der Waals surface area contributed by atoms with Gasteiger partial charge in [0.25, 0.3) is 0 Å². The maximum atomic E-state index is 6.17. The predicted molar refractivity (Wildman–Crippen MR) is 45.1 cm³/mol. The number of nitrogens with two attached hydrogens (primary N) is 1. The van der Waals surface area contributed by atoms with E-state index in [0.717, 1.165) is 6.42 Å². The van der Waals surface area contributed by atoms with E-state index in [1.807, 2.05) is 12.4 Å².